The molecule has 1 N–H and O–H groups in total. The predicted molar refractivity (Wildman–Crippen MR) is 75.1 cm³/mol. The molecule has 0 saturated heterocycles. The number of rotatable bonds is 8. The molecule has 0 amide bonds. The second-order valence-electron chi connectivity index (χ2n) is 4.79. The maximum absolute atomic E-state index is 11.3. The topological polar surface area (TPSA) is 42.2 Å². The normalized spacial score (nSPS) is 10.8. The summed E-state index contributed by atoms with van der Waals surface area (Å²) in [6, 6.07) is 1.45. The molecule has 0 atom stereocenters. The van der Waals surface area contributed by atoms with Crippen molar-refractivity contribution in [1.82, 2.24) is 4.57 Å². The molecule has 3 nitrogen and oxygen atoms in total. The molecule has 102 valence electrons. The first-order valence-electron chi connectivity index (χ1n) is 7.12. The highest BCUT2D eigenvalue weighted by molar-refractivity contribution is 5.26. The van der Waals surface area contributed by atoms with Gasteiger partial charge in [-0.05, 0) is 12.8 Å². The van der Waals surface area contributed by atoms with E-state index >= 15 is 0 Å². The Morgan fingerprint density at radius 1 is 1.11 bits per heavy atom. The zero-order chi connectivity index (χ0) is 13.4. The molecule has 0 aromatic carbocycles. The average Bonchev–Trinajstić information content (AvgIpc) is 2.38. The molecule has 1 aromatic heterocycles. The highest BCUT2D eigenvalue weighted by Gasteiger charge is 2.07. The second kappa shape index (κ2) is 7.96. The van der Waals surface area contributed by atoms with Gasteiger partial charge >= 0.3 is 0 Å². The third kappa shape index (κ3) is 4.21. The Kier molecular flexibility index (Phi) is 6.55. The van der Waals surface area contributed by atoms with Crippen LogP contribution in [-0.4, -0.2) is 9.67 Å². The Morgan fingerprint density at radius 3 is 2.44 bits per heavy atom. The molecule has 1 rings (SSSR count). The molecule has 0 saturated carbocycles. The second-order valence-corrected chi connectivity index (χ2v) is 4.79. The van der Waals surface area contributed by atoms with E-state index in [1.807, 2.05) is 11.5 Å². The molecule has 0 aliphatic carbocycles. The summed E-state index contributed by atoms with van der Waals surface area (Å²) in [4.78, 5) is 11.3. The van der Waals surface area contributed by atoms with Crippen molar-refractivity contribution < 1.29 is 5.11 Å². The molecule has 1 aromatic rings. The van der Waals surface area contributed by atoms with Crippen LogP contribution in [0.2, 0.25) is 0 Å². The van der Waals surface area contributed by atoms with Gasteiger partial charge in [0.15, 0.2) is 5.75 Å². The summed E-state index contributed by atoms with van der Waals surface area (Å²) in [5.41, 5.74) is 0.488. The maximum Gasteiger partial charge on any atom is 0.223 e. The highest BCUT2D eigenvalue weighted by atomic mass is 16.3. The fourth-order valence-electron chi connectivity index (χ4n) is 2.25. The van der Waals surface area contributed by atoms with Gasteiger partial charge in [-0.3, -0.25) is 4.79 Å². The molecule has 1 heterocycles. The Morgan fingerprint density at radius 2 is 1.78 bits per heavy atom. The monoisotopic (exact) mass is 251 g/mol. The van der Waals surface area contributed by atoms with E-state index in [9.17, 15) is 9.90 Å². The minimum absolute atomic E-state index is 0.0778. The van der Waals surface area contributed by atoms with E-state index < -0.39 is 0 Å². The van der Waals surface area contributed by atoms with E-state index in [4.69, 9.17) is 0 Å². The fraction of sp³-hybridized carbons (Fsp3) is 0.667. The lowest BCUT2D eigenvalue weighted by molar-refractivity contribution is 0.445. The molecular formula is C15H25NO2. The number of aromatic nitrogens is 1. The smallest absolute Gasteiger partial charge is 0.223 e. The fourth-order valence-corrected chi connectivity index (χ4v) is 2.25. The molecule has 0 aliphatic heterocycles. The van der Waals surface area contributed by atoms with Crippen molar-refractivity contribution in [2.75, 3.05) is 0 Å². The quantitative estimate of drug-likeness (QED) is 0.719. The Hall–Kier alpha value is -1.25. The van der Waals surface area contributed by atoms with E-state index in [1.54, 1.807) is 6.20 Å². The molecule has 0 spiro atoms. The summed E-state index contributed by atoms with van der Waals surface area (Å²) in [6.45, 7) is 5.08. The van der Waals surface area contributed by atoms with Gasteiger partial charge in [-0.25, -0.2) is 0 Å². The maximum atomic E-state index is 11.3. The minimum Gasteiger partial charge on any atom is -0.503 e. The van der Waals surface area contributed by atoms with E-state index in [2.05, 4.69) is 6.92 Å². The van der Waals surface area contributed by atoms with Crippen LogP contribution in [0.1, 0.15) is 58.1 Å². The number of aromatic hydroxyl groups is 1. The number of nitrogens with zero attached hydrogens (tertiary/aromatic N) is 1. The van der Waals surface area contributed by atoms with Gasteiger partial charge in [-0.15, -0.1) is 0 Å². The first-order valence-corrected chi connectivity index (χ1v) is 7.12. The first kappa shape index (κ1) is 14.8. The van der Waals surface area contributed by atoms with Crippen LogP contribution in [-0.2, 0) is 13.0 Å². The van der Waals surface area contributed by atoms with Gasteiger partial charge < -0.3 is 9.67 Å². The third-order valence-corrected chi connectivity index (χ3v) is 3.35. The largest absolute Gasteiger partial charge is 0.503 e. The van der Waals surface area contributed by atoms with Crippen molar-refractivity contribution in [3.63, 3.8) is 0 Å². The van der Waals surface area contributed by atoms with Crippen molar-refractivity contribution in [3.8, 4) is 5.75 Å². The molecule has 0 radical (unpaired) electrons. The van der Waals surface area contributed by atoms with Crippen LogP contribution in [0.3, 0.4) is 0 Å². The lowest BCUT2D eigenvalue weighted by Crippen LogP contribution is -2.12. The summed E-state index contributed by atoms with van der Waals surface area (Å²) >= 11 is 0. The summed E-state index contributed by atoms with van der Waals surface area (Å²) in [5.74, 6) is -0.0778. The number of hydrogen-bond acceptors (Lipinski definition) is 2. The molecule has 0 unspecified atom stereocenters. The van der Waals surface area contributed by atoms with Gasteiger partial charge in [0, 0.05) is 18.8 Å². The van der Waals surface area contributed by atoms with Crippen molar-refractivity contribution in [3.05, 3.63) is 28.2 Å². The van der Waals surface area contributed by atoms with Crippen LogP contribution in [0.5, 0.6) is 5.75 Å². The molecular weight excluding hydrogens is 226 g/mol. The van der Waals surface area contributed by atoms with Crippen LogP contribution in [0.4, 0.5) is 0 Å². The Labute approximate surface area is 109 Å². The zero-order valence-electron chi connectivity index (χ0n) is 11.6. The van der Waals surface area contributed by atoms with E-state index in [-0.39, 0.29) is 11.2 Å². The Bertz CT molecular complexity index is 409. The van der Waals surface area contributed by atoms with Crippen LogP contribution in [0, 0.1) is 0 Å². The molecule has 0 bridgehead atoms. The van der Waals surface area contributed by atoms with Gasteiger partial charge in [-0.1, -0.05) is 46.0 Å². The van der Waals surface area contributed by atoms with E-state index in [0.717, 1.165) is 18.7 Å². The van der Waals surface area contributed by atoms with Crippen molar-refractivity contribution >= 4 is 0 Å². The summed E-state index contributed by atoms with van der Waals surface area (Å²) in [7, 11) is 0. The van der Waals surface area contributed by atoms with Gasteiger partial charge in [-0.2, -0.15) is 0 Å². The van der Waals surface area contributed by atoms with Gasteiger partial charge in [0.2, 0.25) is 5.43 Å². The van der Waals surface area contributed by atoms with Crippen LogP contribution in [0.25, 0.3) is 0 Å². The van der Waals surface area contributed by atoms with Gasteiger partial charge in [0.1, 0.15) is 0 Å². The standard InChI is InChI=1S/C15H25NO2/c1-3-5-6-7-8-9-11-16-12-10-14(17)15(18)13(16)4-2/h10,12,18H,3-9,11H2,1-2H3. The number of unbranched alkanes of at least 4 members (excludes halogenated alkanes) is 5. The van der Waals surface area contributed by atoms with Crippen molar-refractivity contribution in [2.45, 2.75) is 65.3 Å². The Balaban J connectivity index is 2.47. The molecule has 0 fully saturated rings. The summed E-state index contributed by atoms with van der Waals surface area (Å²) in [6.07, 6.45) is 10.0. The number of hydrogen-bond donors (Lipinski definition) is 1. The highest BCUT2D eigenvalue weighted by Crippen LogP contribution is 2.13. The summed E-state index contributed by atoms with van der Waals surface area (Å²) in [5, 5.41) is 9.72. The zero-order valence-corrected chi connectivity index (χ0v) is 11.6. The lowest BCUT2D eigenvalue weighted by Gasteiger charge is -2.13. The van der Waals surface area contributed by atoms with Gasteiger partial charge in [0.05, 0.1) is 5.69 Å². The molecule has 3 heteroatoms. The lowest BCUT2D eigenvalue weighted by atomic mass is 10.1. The average molecular weight is 251 g/mol. The van der Waals surface area contributed by atoms with Crippen LogP contribution < -0.4 is 5.43 Å². The van der Waals surface area contributed by atoms with Crippen LogP contribution >= 0.6 is 0 Å². The first-order chi connectivity index (χ1) is 8.70. The predicted octanol–water partition coefficient (Wildman–Crippen LogP) is 3.48. The molecule has 0 aliphatic rings. The number of pyridine rings is 1. The minimum atomic E-state index is -0.272. The van der Waals surface area contributed by atoms with Crippen molar-refractivity contribution in [2.24, 2.45) is 0 Å². The summed E-state index contributed by atoms with van der Waals surface area (Å²) < 4.78 is 2.01. The molecule has 18 heavy (non-hydrogen) atoms. The van der Waals surface area contributed by atoms with E-state index in [1.165, 1.54) is 38.2 Å². The van der Waals surface area contributed by atoms with Crippen LogP contribution in [0.15, 0.2) is 17.1 Å². The SMILES string of the molecule is CCCCCCCCn1ccc(=O)c(O)c1CC. The van der Waals surface area contributed by atoms with Crippen molar-refractivity contribution in [1.29, 1.82) is 0 Å². The third-order valence-electron chi connectivity index (χ3n) is 3.35. The van der Waals surface area contributed by atoms with E-state index in [0.29, 0.717) is 6.42 Å². The van der Waals surface area contributed by atoms with Gasteiger partial charge in [0.25, 0.3) is 0 Å². The number of aryl methyl sites for hydroxylation is 1.